The summed E-state index contributed by atoms with van der Waals surface area (Å²) in [4.78, 5) is 25.6. The van der Waals surface area contributed by atoms with Gasteiger partial charge in [0.2, 0.25) is 0 Å². The zero-order valence-corrected chi connectivity index (χ0v) is 18.0. The Labute approximate surface area is 172 Å². The molecule has 4 aliphatic carbocycles. The molecule has 0 amide bonds. The lowest BCUT2D eigenvalue weighted by molar-refractivity contribution is -0.128. The van der Waals surface area contributed by atoms with E-state index in [0.29, 0.717) is 29.3 Å². The lowest BCUT2D eigenvalue weighted by Gasteiger charge is -2.40. The van der Waals surface area contributed by atoms with Crippen molar-refractivity contribution < 1.29 is 9.59 Å². The first-order valence-electron chi connectivity index (χ1n) is 12.8. The van der Waals surface area contributed by atoms with Crippen molar-refractivity contribution in [3.63, 3.8) is 0 Å². The summed E-state index contributed by atoms with van der Waals surface area (Å²) in [6.07, 6.45) is 21.7. The number of hydrogen-bond donors (Lipinski definition) is 0. The Hall–Kier alpha value is -0.660. The second kappa shape index (κ2) is 9.90. The molecule has 4 aliphatic rings. The van der Waals surface area contributed by atoms with Crippen molar-refractivity contribution in [2.45, 2.75) is 116 Å². The molecule has 2 heteroatoms. The summed E-state index contributed by atoms with van der Waals surface area (Å²) in [6, 6.07) is 0. The van der Waals surface area contributed by atoms with E-state index >= 15 is 0 Å². The Morgan fingerprint density at radius 3 is 2.04 bits per heavy atom. The molecule has 0 radical (unpaired) electrons. The molecular weight excluding hydrogens is 344 g/mol. The Kier molecular flexibility index (Phi) is 7.28. The highest BCUT2D eigenvalue weighted by molar-refractivity contribution is 5.82. The van der Waals surface area contributed by atoms with Crippen molar-refractivity contribution in [1.29, 1.82) is 0 Å². The van der Waals surface area contributed by atoms with E-state index in [-0.39, 0.29) is 0 Å². The maximum Gasteiger partial charge on any atom is 0.136 e. The van der Waals surface area contributed by atoms with Gasteiger partial charge in [0, 0.05) is 24.7 Å². The zero-order chi connectivity index (χ0) is 19.3. The summed E-state index contributed by atoms with van der Waals surface area (Å²) >= 11 is 0. The van der Waals surface area contributed by atoms with Gasteiger partial charge in [-0.25, -0.2) is 0 Å². The molecule has 0 aliphatic heterocycles. The summed E-state index contributed by atoms with van der Waals surface area (Å²) in [5, 5.41) is 0. The molecule has 28 heavy (non-hydrogen) atoms. The number of carbonyl (C=O) groups excluding carboxylic acids is 2. The first kappa shape index (κ1) is 20.6. The van der Waals surface area contributed by atoms with Crippen molar-refractivity contribution in [2.75, 3.05) is 0 Å². The second-order valence-corrected chi connectivity index (χ2v) is 10.7. The highest BCUT2D eigenvalue weighted by Gasteiger charge is 2.38. The molecule has 4 fully saturated rings. The van der Waals surface area contributed by atoms with Crippen LogP contribution in [0.1, 0.15) is 116 Å². The molecule has 6 unspecified atom stereocenters. The van der Waals surface area contributed by atoms with Crippen molar-refractivity contribution >= 4 is 11.6 Å². The van der Waals surface area contributed by atoms with Gasteiger partial charge in [0.25, 0.3) is 0 Å². The van der Waals surface area contributed by atoms with Crippen LogP contribution in [-0.4, -0.2) is 11.6 Å². The predicted molar refractivity (Wildman–Crippen MR) is 114 cm³/mol. The third-order valence-electron chi connectivity index (χ3n) is 9.08. The first-order chi connectivity index (χ1) is 13.7. The summed E-state index contributed by atoms with van der Waals surface area (Å²) in [5.41, 5.74) is 0. The van der Waals surface area contributed by atoms with Gasteiger partial charge >= 0.3 is 0 Å². The molecule has 0 aromatic rings. The van der Waals surface area contributed by atoms with Crippen molar-refractivity contribution in [1.82, 2.24) is 0 Å². The highest BCUT2D eigenvalue weighted by Crippen LogP contribution is 2.45. The van der Waals surface area contributed by atoms with Crippen LogP contribution in [0.4, 0.5) is 0 Å². The van der Waals surface area contributed by atoms with Gasteiger partial charge in [-0.3, -0.25) is 9.59 Å². The second-order valence-electron chi connectivity index (χ2n) is 10.7. The fraction of sp³-hybridized carbons (Fsp3) is 0.923. The third kappa shape index (κ3) is 4.90. The summed E-state index contributed by atoms with van der Waals surface area (Å²) in [7, 11) is 0. The molecule has 2 nitrogen and oxygen atoms in total. The zero-order valence-electron chi connectivity index (χ0n) is 18.0. The van der Waals surface area contributed by atoms with Crippen molar-refractivity contribution in [3.8, 4) is 0 Å². The van der Waals surface area contributed by atoms with Gasteiger partial charge in [0.1, 0.15) is 11.6 Å². The van der Waals surface area contributed by atoms with E-state index in [4.69, 9.17) is 0 Å². The minimum Gasteiger partial charge on any atom is -0.299 e. The fourth-order valence-corrected chi connectivity index (χ4v) is 7.49. The topological polar surface area (TPSA) is 34.1 Å². The minimum atomic E-state index is 0.344. The van der Waals surface area contributed by atoms with E-state index in [0.717, 1.165) is 56.3 Å². The Morgan fingerprint density at radius 2 is 1.21 bits per heavy atom. The number of fused-ring (bicyclic) bond motifs is 2. The van der Waals surface area contributed by atoms with Crippen LogP contribution in [0.3, 0.4) is 0 Å². The van der Waals surface area contributed by atoms with Crippen LogP contribution >= 0.6 is 0 Å². The summed E-state index contributed by atoms with van der Waals surface area (Å²) < 4.78 is 0. The number of Topliss-reactive ketones (excluding diaryl/α,β-unsaturated/α-hetero) is 2. The molecule has 0 saturated heterocycles. The maximum absolute atomic E-state index is 12.9. The van der Waals surface area contributed by atoms with E-state index < -0.39 is 0 Å². The SMILES string of the molecule is O=C(CCCCC(=O)C1CCCC2CCCCC21)C1CCC2CCCCC2C1. The van der Waals surface area contributed by atoms with Crippen molar-refractivity contribution in [3.05, 3.63) is 0 Å². The van der Waals surface area contributed by atoms with E-state index in [1.54, 1.807) is 0 Å². The molecule has 0 N–H and O–H groups in total. The van der Waals surface area contributed by atoms with Gasteiger partial charge in [0.05, 0.1) is 0 Å². The van der Waals surface area contributed by atoms with Crippen LogP contribution in [0.15, 0.2) is 0 Å². The lowest BCUT2D eigenvalue weighted by Crippen LogP contribution is -2.35. The van der Waals surface area contributed by atoms with Crippen LogP contribution in [0.25, 0.3) is 0 Å². The lowest BCUT2D eigenvalue weighted by atomic mass is 9.64. The molecule has 4 saturated carbocycles. The minimum absolute atomic E-state index is 0.344. The van der Waals surface area contributed by atoms with Crippen LogP contribution < -0.4 is 0 Å². The van der Waals surface area contributed by atoms with Gasteiger partial charge in [-0.15, -0.1) is 0 Å². The van der Waals surface area contributed by atoms with Gasteiger partial charge in [-0.05, 0) is 68.6 Å². The third-order valence-corrected chi connectivity index (χ3v) is 9.08. The molecule has 158 valence electrons. The highest BCUT2D eigenvalue weighted by atomic mass is 16.1. The molecule has 0 bridgehead atoms. The molecule has 0 spiro atoms. The van der Waals surface area contributed by atoms with E-state index in [9.17, 15) is 9.59 Å². The molecule has 6 atom stereocenters. The smallest absolute Gasteiger partial charge is 0.136 e. The molecule has 0 heterocycles. The molecule has 0 aromatic heterocycles. The number of ketones is 2. The fourth-order valence-electron chi connectivity index (χ4n) is 7.49. The van der Waals surface area contributed by atoms with Crippen LogP contribution in [-0.2, 0) is 9.59 Å². The Morgan fingerprint density at radius 1 is 0.571 bits per heavy atom. The van der Waals surface area contributed by atoms with Gasteiger partial charge in [-0.1, -0.05) is 57.8 Å². The Bertz CT molecular complexity index is 537. The maximum atomic E-state index is 12.9. The molecule has 0 aromatic carbocycles. The molecular formula is C26H42O2. The number of hydrogen-bond acceptors (Lipinski definition) is 2. The summed E-state index contributed by atoms with van der Waals surface area (Å²) in [6.45, 7) is 0. The van der Waals surface area contributed by atoms with Gasteiger partial charge < -0.3 is 0 Å². The predicted octanol–water partition coefficient (Wildman–Crippen LogP) is 6.90. The van der Waals surface area contributed by atoms with Crippen LogP contribution in [0.5, 0.6) is 0 Å². The van der Waals surface area contributed by atoms with E-state index in [1.807, 2.05) is 0 Å². The monoisotopic (exact) mass is 386 g/mol. The van der Waals surface area contributed by atoms with Crippen LogP contribution in [0, 0.1) is 35.5 Å². The number of unbranched alkanes of at least 4 members (excludes halogenated alkanes) is 1. The normalized spacial score (nSPS) is 38.3. The van der Waals surface area contributed by atoms with Crippen molar-refractivity contribution in [2.24, 2.45) is 35.5 Å². The Balaban J connectivity index is 1.16. The van der Waals surface area contributed by atoms with Gasteiger partial charge in [-0.2, -0.15) is 0 Å². The standard InChI is InChI=1S/C26H42O2/c27-25(22-17-16-19-8-1-2-10-21(19)18-22)14-5-6-15-26(28)24-13-7-11-20-9-3-4-12-23(20)24/h19-24H,1-18H2. The first-order valence-corrected chi connectivity index (χ1v) is 12.8. The van der Waals surface area contributed by atoms with E-state index in [1.165, 1.54) is 77.0 Å². The van der Waals surface area contributed by atoms with Crippen LogP contribution in [0.2, 0.25) is 0 Å². The number of carbonyl (C=O) groups is 2. The molecule has 4 rings (SSSR count). The summed E-state index contributed by atoms with van der Waals surface area (Å²) in [5.74, 6) is 5.05. The average Bonchev–Trinajstić information content (AvgIpc) is 2.75. The number of rotatable bonds is 7. The van der Waals surface area contributed by atoms with E-state index in [2.05, 4.69) is 0 Å². The van der Waals surface area contributed by atoms with Gasteiger partial charge in [0.15, 0.2) is 0 Å². The average molecular weight is 387 g/mol. The quantitative estimate of drug-likeness (QED) is 0.446. The largest absolute Gasteiger partial charge is 0.299 e.